The summed E-state index contributed by atoms with van der Waals surface area (Å²) in [6.07, 6.45) is 10.2. The molecule has 7 heteroatoms. The van der Waals surface area contributed by atoms with Gasteiger partial charge in [-0.2, -0.15) is 0 Å². The van der Waals surface area contributed by atoms with Crippen LogP contribution in [-0.2, 0) is 20.7 Å². The molecule has 1 aromatic heterocycles. The number of hydrogen-bond donors (Lipinski definition) is 1. The van der Waals surface area contributed by atoms with Crippen molar-refractivity contribution in [1.82, 2.24) is 14.8 Å². The number of aldehydes is 1. The fraction of sp³-hybridized carbons (Fsp3) is 0.476. The topological polar surface area (TPSA) is 83.0 Å². The van der Waals surface area contributed by atoms with E-state index in [2.05, 4.69) is 16.0 Å². The Balaban J connectivity index is 1.59. The van der Waals surface area contributed by atoms with Crippen LogP contribution in [-0.4, -0.2) is 70.0 Å². The monoisotopic (exact) mass is 385 g/mol. The molecule has 150 valence electrons. The molecular weight excluding hydrogens is 358 g/mol. The number of morpholine rings is 1. The van der Waals surface area contributed by atoms with Crippen molar-refractivity contribution in [3.8, 4) is 0 Å². The lowest BCUT2D eigenvalue weighted by atomic mass is 9.88. The van der Waals surface area contributed by atoms with E-state index in [1.165, 1.54) is 28.8 Å². The van der Waals surface area contributed by atoms with Gasteiger partial charge in [0.2, 0.25) is 0 Å². The van der Waals surface area contributed by atoms with Crippen LogP contribution in [0.2, 0.25) is 0 Å². The van der Waals surface area contributed by atoms with Gasteiger partial charge in [-0.3, -0.25) is 14.6 Å². The number of allylic oxidation sites excluding steroid dienone is 2. The molecule has 2 saturated heterocycles. The van der Waals surface area contributed by atoms with E-state index in [0.29, 0.717) is 12.8 Å². The third-order valence-corrected chi connectivity index (χ3v) is 5.36. The lowest BCUT2D eigenvalue weighted by Crippen LogP contribution is -2.60. The molecule has 3 heterocycles. The fourth-order valence-corrected chi connectivity index (χ4v) is 3.83. The number of pyridine rings is 1. The predicted molar refractivity (Wildman–Crippen MR) is 105 cm³/mol. The van der Waals surface area contributed by atoms with Crippen LogP contribution in [0.25, 0.3) is 0 Å². The molecule has 2 aliphatic heterocycles. The molecule has 1 unspecified atom stereocenters. The van der Waals surface area contributed by atoms with E-state index in [1.807, 2.05) is 12.3 Å². The largest absolute Gasteiger partial charge is 0.506 e. The molecule has 0 bridgehead atoms. The molecule has 1 amide bonds. The van der Waals surface area contributed by atoms with E-state index in [0.717, 1.165) is 38.9 Å². The number of nitrogens with zero attached hydrogens (tertiary/aromatic N) is 3. The summed E-state index contributed by atoms with van der Waals surface area (Å²) >= 11 is 0. The minimum Gasteiger partial charge on any atom is -0.506 e. The summed E-state index contributed by atoms with van der Waals surface area (Å²) in [5.41, 5.74) is 0.828. The summed E-state index contributed by atoms with van der Waals surface area (Å²) in [7, 11) is 0. The second-order valence-corrected chi connectivity index (χ2v) is 7.41. The first-order valence-corrected chi connectivity index (χ1v) is 9.63. The molecule has 0 aliphatic carbocycles. The highest BCUT2D eigenvalue weighted by Gasteiger charge is 2.44. The number of amides is 1. The molecular formula is C21H27N3O4. The number of aliphatic hydroxyl groups excluding tert-OH is 1. The SMILES string of the molecule is CC1OC2(CCN(CCc3cccnc3)CC2)CN(/C=C(O)/C=C\C=O)C1=O. The van der Waals surface area contributed by atoms with E-state index in [9.17, 15) is 14.7 Å². The predicted octanol–water partition coefficient (Wildman–Crippen LogP) is 1.86. The molecule has 2 fully saturated rings. The van der Waals surface area contributed by atoms with Gasteiger partial charge in [-0.1, -0.05) is 6.07 Å². The first-order valence-electron chi connectivity index (χ1n) is 9.63. The summed E-state index contributed by atoms with van der Waals surface area (Å²) < 4.78 is 6.12. The number of aliphatic hydroxyl groups is 1. The zero-order valence-corrected chi connectivity index (χ0v) is 16.2. The zero-order valence-electron chi connectivity index (χ0n) is 16.2. The van der Waals surface area contributed by atoms with E-state index in [4.69, 9.17) is 4.74 Å². The second-order valence-electron chi connectivity index (χ2n) is 7.41. The third kappa shape index (κ3) is 5.05. The second kappa shape index (κ2) is 9.12. The summed E-state index contributed by atoms with van der Waals surface area (Å²) in [6.45, 7) is 4.92. The quantitative estimate of drug-likeness (QED) is 0.348. The lowest BCUT2D eigenvalue weighted by molar-refractivity contribution is -0.184. The molecule has 28 heavy (non-hydrogen) atoms. The van der Waals surface area contributed by atoms with Gasteiger partial charge in [-0.15, -0.1) is 0 Å². The van der Waals surface area contributed by atoms with E-state index in [1.54, 1.807) is 13.1 Å². The number of aromatic nitrogens is 1. The summed E-state index contributed by atoms with van der Waals surface area (Å²) in [6, 6.07) is 4.04. The van der Waals surface area contributed by atoms with Crippen molar-refractivity contribution in [1.29, 1.82) is 0 Å². The minimum absolute atomic E-state index is 0.126. The molecule has 3 rings (SSSR count). The highest BCUT2D eigenvalue weighted by molar-refractivity contribution is 5.82. The Bertz CT molecular complexity index is 739. The van der Waals surface area contributed by atoms with Crippen LogP contribution in [0.1, 0.15) is 25.3 Å². The Morgan fingerprint density at radius 3 is 2.89 bits per heavy atom. The van der Waals surface area contributed by atoms with Crippen LogP contribution in [0.15, 0.2) is 48.6 Å². The molecule has 2 aliphatic rings. The third-order valence-electron chi connectivity index (χ3n) is 5.36. The van der Waals surface area contributed by atoms with Gasteiger partial charge in [-0.25, -0.2) is 0 Å². The average molecular weight is 385 g/mol. The maximum atomic E-state index is 12.4. The number of piperidine rings is 1. The van der Waals surface area contributed by atoms with Gasteiger partial charge >= 0.3 is 0 Å². The van der Waals surface area contributed by atoms with Crippen molar-refractivity contribution in [2.24, 2.45) is 0 Å². The molecule has 0 aromatic carbocycles. The van der Waals surface area contributed by atoms with Gasteiger partial charge < -0.3 is 19.6 Å². The molecule has 1 spiro atoms. The number of hydrogen-bond acceptors (Lipinski definition) is 6. The Labute approximate surface area is 165 Å². The normalized spacial score (nSPS) is 23.5. The highest BCUT2D eigenvalue weighted by atomic mass is 16.5. The van der Waals surface area contributed by atoms with Crippen molar-refractivity contribution < 1.29 is 19.4 Å². The van der Waals surface area contributed by atoms with Crippen LogP contribution in [0, 0.1) is 0 Å². The van der Waals surface area contributed by atoms with Gasteiger partial charge in [0.1, 0.15) is 18.1 Å². The van der Waals surface area contributed by atoms with E-state index >= 15 is 0 Å². The Kier molecular flexibility index (Phi) is 6.59. The number of carbonyl (C=O) groups excluding carboxylic acids is 2. The van der Waals surface area contributed by atoms with Gasteiger partial charge in [-0.05, 0) is 50.0 Å². The van der Waals surface area contributed by atoms with E-state index < -0.39 is 11.7 Å². The first kappa shape index (κ1) is 20.2. The van der Waals surface area contributed by atoms with Crippen LogP contribution < -0.4 is 0 Å². The molecule has 7 nitrogen and oxygen atoms in total. The number of rotatable bonds is 6. The van der Waals surface area contributed by atoms with Gasteiger partial charge in [0.05, 0.1) is 12.1 Å². The fourth-order valence-electron chi connectivity index (χ4n) is 3.83. The van der Waals surface area contributed by atoms with Crippen LogP contribution in [0.5, 0.6) is 0 Å². The average Bonchev–Trinajstić information content (AvgIpc) is 2.71. The van der Waals surface area contributed by atoms with Gasteiger partial charge in [0, 0.05) is 38.2 Å². The maximum Gasteiger partial charge on any atom is 0.255 e. The maximum absolute atomic E-state index is 12.4. The van der Waals surface area contributed by atoms with Crippen molar-refractivity contribution >= 4 is 12.2 Å². The van der Waals surface area contributed by atoms with Gasteiger partial charge in [0.15, 0.2) is 0 Å². The van der Waals surface area contributed by atoms with Crippen LogP contribution in [0.4, 0.5) is 0 Å². The molecule has 1 atom stereocenters. The molecule has 0 radical (unpaired) electrons. The molecule has 0 saturated carbocycles. The van der Waals surface area contributed by atoms with E-state index in [-0.39, 0.29) is 11.7 Å². The molecule has 1 aromatic rings. The number of carbonyl (C=O) groups is 2. The van der Waals surface area contributed by atoms with Crippen molar-refractivity contribution in [3.63, 3.8) is 0 Å². The Hall–Kier alpha value is -2.51. The molecule has 1 N–H and O–H groups in total. The highest BCUT2D eigenvalue weighted by Crippen LogP contribution is 2.33. The lowest BCUT2D eigenvalue weighted by Gasteiger charge is -2.48. The Morgan fingerprint density at radius 2 is 2.21 bits per heavy atom. The zero-order chi connectivity index (χ0) is 20.0. The van der Waals surface area contributed by atoms with Crippen LogP contribution >= 0.6 is 0 Å². The number of ether oxygens (including phenoxy) is 1. The van der Waals surface area contributed by atoms with Crippen molar-refractivity contribution in [2.45, 2.75) is 37.9 Å². The summed E-state index contributed by atoms with van der Waals surface area (Å²) in [5.74, 6) is -0.311. The standard InChI is InChI=1S/C21H27N3O4/c1-17-20(27)24(15-19(26)5-3-13-25)16-21(28-17)7-11-23(12-8-21)10-6-18-4-2-9-22-14-18/h2-5,9,13-15,17,26H,6-8,10-12,16H2,1H3/b5-3-,19-15-. The van der Waals surface area contributed by atoms with Crippen molar-refractivity contribution in [3.05, 3.63) is 54.2 Å². The van der Waals surface area contributed by atoms with Gasteiger partial charge in [0.25, 0.3) is 5.91 Å². The minimum atomic E-state index is -0.560. The first-order chi connectivity index (χ1) is 13.5. The van der Waals surface area contributed by atoms with Crippen molar-refractivity contribution in [2.75, 3.05) is 26.2 Å². The van der Waals surface area contributed by atoms with Crippen LogP contribution in [0.3, 0.4) is 0 Å². The Morgan fingerprint density at radius 1 is 1.43 bits per heavy atom. The smallest absolute Gasteiger partial charge is 0.255 e. The summed E-state index contributed by atoms with van der Waals surface area (Å²) in [4.78, 5) is 30.9. The number of likely N-dealkylation sites (tertiary alicyclic amines) is 1. The summed E-state index contributed by atoms with van der Waals surface area (Å²) in [5, 5.41) is 9.91.